The lowest BCUT2D eigenvalue weighted by atomic mass is 10.2. The van der Waals surface area contributed by atoms with E-state index in [1.54, 1.807) is 11.3 Å². The van der Waals surface area contributed by atoms with Crippen molar-refractivity contribution in [2.75, 3.05) is 11.9 Å². The maximum absolute atomic E-state index is 6.01. The van der Waals surface area contributed by atoms with Crippen molar-refractivity contribution in [1.29, 1.82) is 0 Å². The first kappa shape index (κ1) is 15.3. The van der Waals surface area contributed by atoms with Gasteiger partial charge in [0.25, 0.3) is 0 Å². The van der Waals surface area contributed by atoms with Crippen molar-refractivity contribution in [2.24, 2.45) is 0 Å². The lowest BCUT2D eigenvalue weighted by Gasteiger charge is -2.15. The molecule has 0 spiro atoms. The summed E-state index contributed by atoms with van der Waals surface area (Å²) >= 11 is 7.68. The minimum Gasteiger partial charge on any atom is -0.347 e. The average molecular weight is 310 g/mol. The number of nitrogens with one attached hydrogen (secondary N) is 1. The summed E-state index contributed by atoms with van der Waals surface area (Å²) in [4.78, 5) is 6.80. The third-order valence-electron chi connectivity index (χ3n) is 2.87. The molecule has 0 radical (unpaired) electrons. The standard InChI is InChI=1S/C15H20ClN3S/c1-11(2)17-8-14-10-20-15(18-14)19(3)9-12-5-4-6-13(16)7-12/h4-7,10-11,17H,8-9H2,1-3H3. The highest BCUT2D eigenvalue weighted by atomic mass is 35.5. The molecule has 2 aromatic rings. The Morgan fingerprint density at radius 2 is 2.20 bits per heavy atom. The molecule has 1 heterocycles. The summed E-state index contributed by atoms with van der Waals surface area (Å²) in [5.41, 5.74) is 2.29. The molecule has 0 fully saturated rings. The van der Waals surface area contributed by atoms with E-state index >= 15 is 0 Å². The summed E-state index contributed by atoms with van der Waals surface area (Å²) in [6, 6.07) is 8.42. The molecule has 1 aromatic heterocycles. The summed E-state index contributed by atoms with van der Waals surface area (Å²) in [5, 5.41) is 7.30. The normalized spacial score (nSPS) is 11.1. The first-order valence-electron chi connectivity index (χ1n) is 6.68. The van der Waals surface area contributed by atoms with Crippen LogP contribution >= 0.6 is 22.9 Å². The summed E-state index contributed by atoms with van der Waals surface area (Å²) < 4.78 is 0. The Morgan fingerprint density at radius 1 is 1.40 bits per heavy atom. The molecular formula is C15H20ClN3S. The Kier molecular flexibility index (Phi) is 5.40. The fraction of sp³-hybridized carbons (Fsp3) is 0.400. The van der Waals surface area contributed by atoms with Crippen molar-refractivity contribution in [3.8, 4) is 0 Å². The van der Waals surface area contributed by atoms with E-state index in [-0.39, 0.29) is 0 Å². The van der Waals surface area contributed by atoms with Crippen LogP contribution in [0.4, 0.5) is 5.13 Å². The molecule has 1 N–H and O–H groups in total. The fourth-order valence-corrected chi connectivity index (χ4v) is 2.84. The molecule has 0 aliphatic heterocycles. The molecule has 0 bridgehead atoms. The maximum Gasteiger partial charge on any atom is 0.185 e. The second kappa shape index (κ2) is 7.07. The topological polar surface area (TPSA) is 28.2 Å². The number of thiazole rings is 1. The van der Waals surface area contributed by atoms with Gasteiger partial charge in [0.15, 0.2) is 5.13 Å². The van der Waals surface area contributed by atoms with Crippen molar-refractivity contribution in [3.05, 3.63) is 45.9 Å². The molecule has 0 aliphatic rings. The largest absolute Gasteiger partial charge is 0.347 e. The monoisotopic (exact) mass is 309 g/mol. The van der Waals surface area contributed by atoms with E-state index in [1.165, 1.54) is 5.56 Å². The molecule has 108 valence electrons. The van der Waals surface area contributed by atoms with Gasteiger partial charge in [-0.15, -0.1) is 11.3 Å². The number of benzene rings is 1. The summed E-state index contributed by atoms with van der Waals surface area (Å²) in [6.07, 6.45) is 0. The van der Waals surface area contributed by atoms with E-state index < -0.39 is 0 Å². The van der Waals surface area contributed by atoms with Crippen LogP contribution < -0.4 is 10.2 Å². The number of nitrogens with zero attached hydrogens (tertiary/aromatic N) is 2. The molecule has 2 rings (SSSR count). The number of hydrogen-bond acceptors (Lipinski definition) is 4. The quantitative estimate of drug-likeness (QED) is 0.876. The molecule has 3 nitrogen and oxygen atoms in total. The first-order chi connectivity index (χ1) is 9.54. The van der Waals surface area contributed by atoms with Crippen LogP contribution in [-0.2, 0) is 13.1 Å². The molecule has 0 atom stereocenters. The highest BCUT2D eigenvalue weighted by molar-refractivity contribution is 7.13. The van der Waals surface area contributed by atoms with E-state index in [4.69, 9.17) is 11.6 Å². The van der Waals surface area contributed by atoms with E-state index in [1.807, 2.05) is 18.2 Å². The van der Waals surface area contributed by atoms with Crippen molar-refractivity contribution < 1.29 is 0 Å². The van der Waals surface area contributed by atoms with Crippen molar-refractivity contribution in [2.45, 2.75) is 33.0 Å². The minimum absolute atomic E-state index is 0.476. The van der Waals surface area contributed by atoms with E-state index in [2.05, 4.69) is 47.5 Å². The number of rotatable bonds is 6. The smallest absolute Gasteiger partial charge is 0.185 e. The van der Waals surface area contributed by atoms with Gasteiger partial charge in [-0.1, -0.05) is 37.6 Å². The van der Waals surface area contributed by atoms with Gasteiger partial charge in [-0.3, -0.25) is 0 Å². The van der Waals surface area contributed by atoms with Gasteiger partial charge in [-0.05, 0) is 17.7 Å². The molecular weight excluding hydrogens is 290 g/mol. The molecule has 20 heavy (non-hydrogen) atoms. The van der Waals surface area contributed by atoms with Gasteiger partial charge in [0.1, 0.15) is 0 Å². The average Bonchev–Trinajstić information content (AvgIpc) is 2.85. The number of anilines is 1. The second-order valence-electron chi connectivity index (χ2n) is 5.14. The zero-order valence-corrected chi connectivity index (χ0v) is 13.6. The third-order valence-corrected chi connectivity index (χ3v) is 4.11. The van der Waals surface area contributed by atoms with Gasteiger partial charge in [0.05, 0.1) is 5.69 Å². The molecule has 0 saturated carbocycles. The van der Waals surface area contributed by atoms with Gasteiger partial charge in [0, 0.05) is 36.6 Å². The van der Waals surface area contributed by atoms with Crippen LogP contribution in [0.5, 0.6) is 0 Å². The summed E-state index contributed by atoms with van der Waals surface area (Å²) in [7, 11) is 2.05. The predicted molar refractivity (Wildman–Crippen MR) is 87.6 cm³/mol. The van der Waals surface area contributed by atoms with Crippen molar-refractivity contribution >= 4 is 28.1 Å². The van der Waals surface area contributed by atoms with Crippen LogP contribution in [0.15, 0.2) is 29.6 Å². The van der Waals surface area contributed by atoms with Crippen molar-refractivity contribution in [3.63, 3.8) is 0 Å². The van der Waals surface area contributed by atoms with E-state index in [0.29, 0.717) is 6.04 Å². The maximum atomic E-state index is 6.01. The SMILES string of the molecule is CC(C)NCc1csc(N(C)Cc2cccc(Cl)c2)n1. The Hall–Kier alpha value is -1.10. The Labute approximate surface area is 129 Å². The van der Waals surface area contributed by atoms with E-state index in [9.17, 15) is 0 Å². The zero-order chi connectivity index (χ0) is 14.5. The molecule has 0 amide bonds. The summed E-state index contributed by atoms with van der Waals surface area (Å²) in [5.74, 6) is 0. The highest BCUT2D eigenvalue weighted by Gasteiger charge is 2.08. The number of hydrogen-bond donors (Lipinski definition) is 1. The van der Waals surface area contributed by atoms with Crippen LogP contribution in [0.3, 0.4) is 0 Å². The first-order valence-corrected chi connectivity index (χ1v) is 7.93. The van der Waals surface area contributed by atoms with E-state index in [0.717, 1.165) is 28.9 Å². The molecule has 0 aliphatic carbocycles. The van der Waals surface area contributed by atoms with Crippen LogP contribution in [0, 0.1) is 0 Å². The summed E-state index contributed by atoms with van der Waals surface area (Å²) in [6.45, 7) is 5.90. The predicted octanol–water partition coefficient (Wildman–Crippen LogP) is 3.93. The van der Waals surface area contributed by atoms with Gasteiger partial charge < -0.3 is 10.2 Å². The van der Waals surface area contributed by atoms with Gasteiger partial charge >= 0.3 is 0 Å². The van der Waals surface area contributed by atoms with Gasteiger partial charge in [-0.2, -0.15) is 0 Å². The van der Waals surface area contributed by atoms with Crippen LogP contribution in [-0.4, -0.2) is 18.1 Å². The number of aromatic nitrogens is 1. The molecule has 1 aromatic carbocycles. The highest BCUT2D eigenvalue weighted by Crippen LogP contribution is 2.22. The zero-order valence-electron chi connectivity index (χ0n) is 12.1. The molecule has 0 saturated heterocycles. The van der Waals surface area contributed by atoms with Crippen LogP contribution in [0.25, 0.3) is 0 Å². The Balaban J connectivity index is 1.97. The minimum atomic E-state index is 0.476. The van der Waals surface area contributed by atoms with Gasteiger partial charge in [0.2, 0.25) is 0 Å². The molecule has 0 unspecified atom stereocenters. The lowest BCUT2D eigenvalue weighted by molar-refractivity contribution is 0.583. The Morgan fingerprint density at radius 3 is 2.90 bits per heavy atom. The Bertz CT molecular complexity index is 554. The third kappa shape index (κ3) is 4.47. The van der Waals surface area contributed by atoms with Gasteiger partial charge in [-0.25, -0.2) is 4.98 Å². The second-order valence-corrected chi connectivity index (χ2v) is 6.42. The lowest BCUT2D eigenvalue weighted by Crippen LogP contribution is -2.22. The fourth-order valence-electron chi connectivity index (χ4n) is 1.84. The van der Waals surface area contributed by atoms with Crippen molar-refractivity contribution in [1.82, 2.24) is 10.3 Å². The number of halogens is 1. The molecule has 5 heteroatoms. The van der Waals surface area contributed by atoms with Crippen LogP contribution in [0.1, 0.15) is 25.1 Å². The van der Waals surface area contributed by atoms with Crippen LogP contribution in [0.2, 0.25) is 5.02 Å².